The van der Waals surface area contributed by atoms with E-state index >= 15 is 0 Å². The summed E-state index contributed by atoms with van der Waals surface area (Å²) in [5.74, 6) is -1.28. The van der Waals surface area contributed by atoms with Gasteiger partial charge in [-0.1, -0.05) is 12.1 Å². The first-order valence-electron chi connectivity index (χ1n) is 5.22. The molecular formula is C11H13NO6S. The highest BCUT2D eigenvalue weighted by Gasteiger charge is 2.29. The van der Waals surface area contributed by atoms with Gasteiger partial charge in [-0.3, -0.25) is 9.59 Å². The van der Waals surface area contributed by atoms with Crippen molar-refractivity contribution in [2.45, 2.75) is 13.0 Å². The molecule has 0 amide bonds. The Labute approximate surface area is 110 Å². The van der Waals surface area contributed by atoms with Gasteiger partial charge < -0.3 is 9.84 Å². The third-order valence-corrected chi connectivity index (χ3v) is 3.65. The molecule has 0 saturated carbocycles. The number of sulfonamides is 1. The predicted octanol–water partition coefficient (Wildman–Crippen LogP) is 0.228. The fourth-order valence-electron chi connectivity index (χ4n) is 1.29. The highest BCUT2D eigenvalue weighted by molar-refractivity contribution is 8.05. The normalized spacial score (nSPS) is 12.7. The summed E-state index contributed by atoms with van der Waals surface area (Å²) in [6.45, 7) is 1.12. The maximum Gasteiger partial charge on any atom is 0.321 e. The Morgan fingerprint density at radius 2 is 1.89 bits per heavy atom. The Balaban J connectivity index is 3.08. The minimum Gasteiger partial charge on any atom is -0.496 e. The van der Waals surface area contributed by atoms with Gasteiger partial charge in [-0.25, -0.2) is 8.42 Å². The van der Waals surface area contributed by atoms with Gasteiger partial charge in [-0.05, 0) is 19.1 Å². The number of aliphatic carboxylic acids is 1. The Bertz CT molecular complexity index is 595. The zero-order valence-corrected chi connectivity index (χ0v) is 11.1. The van der Waals surface area contributed by atoms with Gasteiger partial charge in [0.15, 0.2) is 0 Å². The van der Waals surface area contributed by atoms with Gasteiger partial charge >= 0.3 is 5.97 Å². The lowest BCUT2D eigenvalue weighted by Crippen LogP contribution is -2.41. The van der Waals surface area contributed by atoms with Gasteiger partial charge in [0, 0.05) is 0 Å². The number of para-hydroxylation sites is 1. The van der Waals surface area contributed by atoms with Crippen LogP contribution in [0.1, 0.15) is 17.3 Å². The molecule has 0 aromatic heterocycles. The molecule has 0 aliphatic heterocycles. The van der Waals surface area contributed by atoms with Crippen LogP contribution in [-0.2, 0) is 14.8 Å². The molecule has 2 N–H and O–H groups in total. The Hall–Kier alpha value is -1.93. The topological polar surface area (TPSA) is 110 Å². The summed E-state index contributed by atoms with van der Waals surface area (Å²) < 4.78 is 30.1. The maximum absolute atomic E-state index is 11.9. The van der Waals surface area contributed by atoms with Gasteiger partial charge in [-0.15, -0.1) is 0 Å². The number of carboxylic acids is 1. The first-order chi connectivity index (χ1) is 8.79. The fourth-order valence-corrected chi connectivity index (χ4v) is 2.43. The summed E-state index contributed by atoms with van der Waals surface area (Å²) in [4.78, 5) is 22.5. The Morgan fingerprint density at radius 1 is 1.32 bits per heavy atom. The summed E-state index contributed by atoms with van der Waals surface area (Å²) in [7, 11) is -3.14. The zero-order valence-electron chi connectivity index (χ0n) is 10.3. The van der Waals surface area contributed by atoms with E-state index in [0.29, 0.717) is 0 Å². The standard InChI is InChI=1S/C11H13NO6S/c1-7(10(13)14)12-19(16,17)11(15)8-5-3-4-6-9(8)18-2/h3-7,12H,1-2H3,(H,13,14)/t7-/m1/s1. The average Bonchev–Trinajstić information content (AvgIpc) is 2.37. The van der Waals surface area contributed by atoms with Crippen molar-refractivity contribution in [3.05, 3.63) is 29.8 Å². The monoisotopic (exact) mass is 287 g/mol. The van der Waals surface area contributed by atoms with Gasteiger partial charge in [-0.2, -0.15) is 4.72 Å². The lowest BCUT2D eigenvalue weighted by Gasteiger charge is -2.11. The minimum absolute atomic E-state index is 0.0980. The minimum atomic E-state index is -4.44. The van der Waals surface area contributed by atoms with E-state index in [-0.39, 0.29) is 11.3 Å². The molecule has 19 heavy (non-hydrogen) atoms. The molecule has 0 unspecified atom stereocenters. The second-order valence-corrected chi connectivity index (χ2v) is 5.28. The van der Waals surface area contributed by atoms with E-state index in [1.165, 1.54) is 25.3 Å². The first-order valence-corrected chi connectivity index (χ1v) is 6.70. The van der Waals surface area contributed by atoms with E-state index in [1.807, 2.05) is 0 Å². The highest BCUT2D eigenvalue weighted by Crippen LogP contribution is 2.19. The summed E-state index contributed by atoms with van der Waals surface area (Å²) in [6.07, 6.45) is 0. The van der Waals surface area contributed by atoms with Crippen molar-refractivity contribution in [1.29, 1.82) is 0 Å². The van der Waals surface area contributed by atoms with Crippen LogP contribution in [0.2, 0.25) is 0 Å². The van der Waals surface area contributed by atoms with Crippen LogP contribution in [0.4, 0.5) is 0 Å². The van der Waals surface area contributed by atoms with Crippen LogP contribution >= 0.6 is 0 Å². The van der Waals surface area contributed by atoms with E-state index < -0.39 is 27.1 Å². The lowest BCUT2D eigenvalue weighted by atomic mass is 10.2. The van der Waals surface area contributed by atoms with Crippen LogP contribution in [0.3, 0.4) is 0 Å². The van der Waals surface area contributed by atoms with Crippen molar-refractivity contribution in [2.75, 3.05) is 7.11 Å². The molecule has 1 rings (SSSR count). The number of hydrogen-bond donors (Lipinski definition) is 2. The van der Waals surface area contributed by atoms with Crippen LogP contribution in [-0.4, -0.2) is 37.8 Å². The summed E-state index contributed by atoms with van der Waals surface area (Å²) in [6, 6.07) is 4.38. The van der Waals surface area contributed by atoms with E-state index in [4.69, 9.17) is 9.84 Å². The number of methoxy groups -OCH3 is 1. The van der Waals surface area contributed by atoms with E-state index in [1.54, 1.807) is 10.8 Å². The molecule has 1 aromatic rings. The number of carbonyl (C=O) groups excluding carboxylic acids is 1. The van der Waals surface area contributed by atoms with Crippen molar-refractivity contribution >= 4 is 21.1 Å². The second kappa shape index (κ2) is 5.81. The molecule has 0 spiro atoms. The molecule has 1 aromatic carbocycles. The third-order valence-electron chi connectivity index (χ3n) is 2.27. The Kier molecular flexibility index (Phi) is 4.62. The van der Waals surface area contributed by atoms with Gasteiger partial charge in [0.05, 0.1) is 12.7 Å². The van der Waals surface area contributed by atoms with Crippen LogP contribution in [0.5, 0.6) is 5.75 Å². The van der Waals surface area contributed by atoms with Crippen LogP contribution in [0.15, 0.2) is 24.3 Å². The average molecular weight is 287 g/mol. The number of carboxylic acid groups (broad SMARTS) is 1. The van der Waals surface area contributed by atoms with E-state index in [2.05, 4.69) is 0 Å². The van der Waals surface area contributed by atoms with E-state index in [0.717, 1.165) is 6.92 Å². The molecule has 0 radical (unpaired) electrons. The molecule has 0 bridgehead atoms. The number of benzene rings is 1. The molecule has 1 atom stereocenters. The van der Waals surface area contributed by atoms with Crippen molar-refractivity contribution in [3.8, 4) is 5.75 Å². The summed E-state index contributed by atoms with van der Waals surface area (Å²) >= 11 is 0. The van der Waals surface area contributed by atoms with Gasteiger partial charge in [0.1, 0.15) is 11.8 Å². The van der Waals surface area contributed by atoms with E-state index in [9.17, 15) is 18.0 Å². The fraction of sp³-hybridized carbons (Fsp3) is 0.273. The zero-order chi connectivity index (χ0) is 14.6. The van der Waals surface area contributed by atoms with Crippen molar-refractivity contribution in [3.63, 3.8) is 0 Å². The van der Waals surface area contributed by atoms with Crippen LogP contribution < -0.4 is 9.46 Å². The van der Waals surface area contributed by atoms with Gasteiger partial charge in [0.25, 0.3) is 15.1 Å². The third kappa shape index (κ3) is 3.52. The molecule has 0 heterocycles. The van der Waals surface area contributed by atoms with Crippen molar-refractivity contribution in [2.24, 2.45) is 0 Å². The lowest BCUT2D eigenvalue weighted by molar-refractivity contribution is -0.138. The molecular weight excluding hydrogens is 274 g/mol. The number of ether oxygens (including phenoxy) is 1. The molecule has 0 saturated heterocycles. The first kappa shape index (κ1) is 15.1. The number of carbonyl (C=O) groups is 2. The van der Waals surface area contributed by atoms with Gasteiger partial charge in [0.2, 0.25) is 0 Å². The smallest absolute Gasteiger partial charge is 0.321 e. The Morgan fingerprint density at radius 3 is 2.42 bits per heavy atom. The highest BCUT2D eigenvalue weighted by atomic mass is 32.2. The van der Waals surface area contributed by atoms with Crippen LogP contribution in [0, 0.1) is 0 Å². The molecule has 0 fully saturated rings. The maximum atomic E-state index is 11.9. The van der Waals surface area contributed by atoms with Crippen molar-refractivity contribution in [1.82, 2.24) is 4.72 Å². The molecule has 104 valence electrons. The quantitative estimate of drug-likeness (QED) is 0.802. The molecule has 0 aliphatic carbocycles. The summed E-state index contributed by atoms with van der Waals surface area (Å²) in [5.41, 5.74) is -0.157. The molecule has 7 nitrogen and oxygen atoms in total. The second-order valence-electron chi connectivity index (χ2n) is 3.67. The predicted molar refractivity (Wildman–Crippen MR) is 66.5 cm³/mol. The number of rotatable bonds is 5. The van der Waals surface area contributed by atoms with Crippen LogP contribution in [0.25, 0.3) is 0 Å². The molecule has 0 aliphatic rings. The molecule has 8 heteroatoms. The van der Waals surface area contributed by atoms with Crippen molar-refractivity contribution < 1.29 is 27.9 Å². The largest absolute Gasteiger partial charge is 0.496 e. The SMILES string of the molecule is COc1ccccc1C(=O)S(=O)(=O)N[C@H](C)C(=O)O. The number of hydrogen-bond acceptors (Lipinski definition) is 5. The summed E-state index contributed by atoms with van der Waals surface area (Å²) in [5, 5.41) is 7.40. The number of nitrogens with one attached hydrogen (secondary N) is 1.